The number of anilines is 1. The third kappa shape index (κ3) is 4.19. The second kappa shape index (κ2) is 6.99. The van der Waals surface area contributed by atoms with Crippen LogP contribution in [0.5, 0.6) is 0 Å². The van der Waals surface area contributed by atoms with Crippen LogP contribution in [-0.4, -0.2) is 36.1 Å². The van der Waals surface area contributed by atoms with E-state index < -0.39 is 11.7 Å². The molecule has 0 radical (unpaired) electrons. The maximum absolute atomic E-state index is 12.8. The van der Waals surface area contributed by atoms with Crippen molar-refractivity contribution in [3.8, 4) is 0 Å². The Balaban J connectivity index is 1.61. The standard InChI is InChI=1S/C17H17ClF3N3/c18-16-6-2-4-14(22-16)12-23-7-9-24(10-8-23)15-5-1-3-13(11-15)17(19,20)21/h1-6,11H,7-10,12H2. The van der Waals surface area contributed by atoms with Crippen LogP contribution in [0.1, 0.15) is 11.3 Å². The summed E-state index contributed by atoms with van der Waals surface area (Å²) in [6.07, 6.45) is -4.31. The molecule has 0 spiro atoms. The SMILES string of the molecule is FC(F)(F)c1cccc(N2CCN(Cc3cccc(Cl)n3)CC2)c1. The summed E-state index contributed by atoms with van der Waals surface area (Å²) >= 11 is 5.89. The molecule has 128 valence electrons. The fraction of sp³-hybridized carbons (Fsp3) is 0.353. The summed E-state index contributed by atoms with van der Waals surface area (Å²) in [6, 6.07) is 11.0. The number of aromatic nitrogens is 1. The second-order valence-electron chi connectivity index (χ2n) is 5.76. The first-order chi connectivity index (χ1) is 11.4. The number of pyridine rings is 1. The lowest BCUT2D eigenvalue weighted by atomic mass is 10.1. The largest absolute Gasteiger partial charge is 0.416 e. The summed E-state index contributed by atoms with van der Waals surface area (Å²) < 4.78 is 38.5. The van der Waals surface area contributed by atoms with Crippen molar-refractivity contribution in [2.24, 2.45) is 0 Å². The topological polar surface area (TPSA) is 19.4 Å². The molecule has 3 rings (SSSR count). The molecular weight excluding hydrogens is 339 g/mol. The Morgan fingerprint density at radius 3 is 2.38 bits per heavy atom. The molecule has 7 heteroatoms. The average molecular weight is 356 g/mol. The van der Waals surface area contributed by atoms with E-state index >= 15 is 0 Å². The molecule has 0 atom stereocenters. The van der Waals surface area contributed by atoms with Crippen LogP contribution in [0.3, 0.4) is 0 Å². The number of hydrogen-bond acceptors (Lipinski definition) is 3. The van der Waals surface area contributed by atoms with Crippen LogP contribution in [0.25, 0.3) is 0 Å². The highest BCUT2D eigenvalue weighted by Crippen LogP contribution is 2.31. The normalized spacial score (nSPS) is 16.4. The lowest BCUT2D eigenvalue weighted by Crippen LogP contribution is -2.46. The molecule has 0 amide bonds. The molecule has 1 saturated heterocycles. The van der Waals surface area contributed by atoms with E-state index in [9.17, 15) is 13.2 Å². The van der Waals surface area contributed by atoms with E-state index in [0.717, 1.165) is 24.8 Å². The van der Waals surface area contributed by atoms with E-state index in [1.165, 1.54) is 12.1 Å². The predicted molar refractivity (Wildman–Crippen MR) is 88.2 cm³/mol. The van der Waals surface area contributed by atoms with Gasteiger partial charge in [0.05, 0.1) is 11.3 Å². The van der Waals surface area contributed by atoms with Crippen molar-refractivity contribution in [2.75, 3.05) is 31.1 Å². The minimum absolute atomic E-state index is 0.468. The number of hydrogen-bond donors (Lipinski definition) is 0. The van der Waals surface area contributed by atoms with E-state index in [1.54, 1.807) is 12.1 Å². The van der Waals surface area contributed by atoms with Gasteiger partial charge < -0.3 is 4.90 Å². The van der Waals surface area contributed by atoms with Crippen LogP contribution >= 0.6 is 11.6 Å². The number of nitrogens with zero attached hydrogens (tertiary/aromatic N) is 3. The molecular formula is C17H17ClF3N3. The van der Waals surface area contributed by atoms with Crippen molar-refractivity contribution >= 4 is 17.3 Å². The maximum atomic E-state index is 12.8. The number of benzene rings is 1. The van der Waals surface area contributed by atoms with E-state index in [0.29, 0.717) is 30.5 Å². The van der Waals surface area contributed by atoms with Gasteiger partial charge in [0.25, 0.3) is 0 Å². The maximum Gasteiger partial charge on any atom is 0.416 e. The quantitative estimate of drug-likeness (QED) is 0.773. The lowest BCUT2D eigenvalue weighted by molar-refractivity contribution is -0.137. The minimum Gasteiger partial charge on any atom is -0.369 e. The number of halogens is 4. The monoisotopic (exact) mass is 355 g/mol. The molecule has 1 aliphatic heterocycles. The molecule has 1 aromatic heterocycles. The van der Waals surface area contributed by atoms with Gasteiger partial charge in [0.2, 0.25) is 0 Å². The second-order valence-corrected chi connectivity index (χ2v) is 6.15. The van der Waals surface area contributed by atoms with Gasteiger partial charge in [-0.15, -0.1) is 0 Å². The lowest BCUT2D eigenvalue weighted by Gasteiger charge is -2.36. The molecule has 1 fully saturated rings. The van der Waals surface area contributed by atoms with Gasteiger partial charge in [-0.1, -0.05) is 23.7 Å². The van der Waals surface area contributed by atoms with E-state index in [2.05, 4.69) is 9.88 Å². The third-order valence-corrected chi connectivity index (χ3v) is 4.28. The third-order valence-electron chi connectivity index (χ3n) is 4.07. The highest BCUT2D eigenvalue weighted by Gasteiger charge is 2.31. The van der Waals surface area contributed by atoms with Crippen LogP contribution in [-0.2, 0) is 12.7 Å². The zero-order valence-electron chi connectivity index (χ0n) is 12.9. The van der Waals surface area contributed by atoms with Crippen LogP contribution < -0.4 is 4.90 Å². The zero-order chi connectivity index (χ0) is 17.2. The Kier molecular flexibility index (Phi) is 4.96. The van der Waals surface area contributed by atoms with Gasteiger partial charge in [-0.2, -0.15) is 13.2 Å². The molecule has 2 heterocycles. The van der Waals surface area contributed by atoms with Gasteiger partial charge in [0.1, 0.15) is 5.15 Å². The molecule has 0 saturated carbocycles. The van der Waals surface area contributed by atoms with E-state index in [1.807, 2.05) is 17.0 Å². The van der Waals surface area contributed by atoms with Crippen LogP contribution in [0, 0.1) is 0 Å². The molecule has 1 aromatic carbocycles. The predicted octanol–water partition coefficient (Wildman–Crippen LogP) is 4.08. The summed E-state index contributed by atoms with van der Waals surface area (Å²) in [7, 11) is 0. The van der Waals surface area contributed by atoms with Gasteiger partial charge in [0.15, 0.2) is 0 Å². The van der Waals surface area contributed by atoms with Crippen molar-refractivity contribution in [1.82, 2.24) is 9.88 Å². The number of alkyl halides is 3. The Morgan fingerprint density at radius 2 is 1.71 bits per heavy atom. The summed E-state index contributed by atoms with van der Waals surface area (Å²) in [5, 5.41) is 0.468. The van der Waals surface area contributed by atoms with Crippen LogP contribution in [0.4, 0.5) is 18.9 Å². The van der Waals surface area contributed by atoms with Crippen molar-refractivity contribution in [1.29, 1.82) is 0 Å². The summed E-state index contributed by atoms with van der Waals surface area (Å²) in [5.74, 6) is 0. The first kappa shape index (κ1) is 17.0. The van der Waals surface area contributed by atoms with Gasteiger partial charge in [-0.25, -0.2) is 4.98 Å². The molecule has 2 aromatic rings. The van der Waals surface area contributed by atoms with Gasteiger partial charge in [-0.05, 0) is 30.3 Å². The summed E-state index contributed by atoms with van der Waals surface area (Å²) in [5.41, 5.74) is 0.908. The summed E-state index contributed by atoms with van der Waals surface area (Å²) in [4.78, 5) is 8.48. The molecule has 0 bridgehead atoms. The Morgan fingerprint density at radius 1 is 1.00 bits per heavy atom. The van der Waals surface area contributed by atoms with E-state index in [-0.39, 0.29) is 0 Å². The highest BCUT2D eigenvalue weighted by atomic mass is 35.5. The molecule has 24 heavy (non-hydrogen) atoms. The fourth-order valence-corrected chi connectivity index (χ4v) is 2.99. The molecule has 0 aliphatic carbocycles. The minimum atomic E-state index is -4.31. The van der Waals surface area contributed by atoms with Gasteiger partial charge in [0, 0.05) is 38.4 Å². The number of rotatable bonds is 3. The van der Waals surface area contributed by atoms with Crippen molar-refractivity contribution in [3.05, 3.63) is 58.9 Å². The van der Waals surface area contributed by atoms with Crippen LogP contribution in [0.2, 0.25) is 5.15 Å². The van der Waals surface area contributed by atoms with Gasteiger partial charge in [-0.3, -0.25) is 4.90 Å². The smallest absolute Gasteiger partial charge is 0.369 e. The van der Waals surface area contributed by atoms with E-state index in [4.69, 9.17) is 11.6 Å². The molecule has 0 N–H and O–H groups in total. The van der Waals surface area contributed by atoms with Crippen LogP contribution in [0.15, 0.2) is 42.5 Å². The summed E-state index contributed by atoms with van der Waals surface area (Å²) in [6.45, 7) is 3.59. The molecule has 3 nitrogen and oxygen atoms in total. The first-order valence-corrected chi connectivity index (χ1v) is 8.05. The van der Waals surface area contributed by atoms with Crippen molar-refractivity contribution in [2.45, 2.75) is 12.7 Å². The zero-order valence-corrected chi connectivity index (χ0v) is 13.7. The molecule has 1 aliphatic rings. The average Bonchev–Trinajstić information content (AvgIpc) is 2.55. The van der Waals surface area contributed by atoms with Crippen molar-refractivity contribution < 1.29 is 13.2 Å². The Bertz CT molecular complexity index is 697. The Labute approximate surface area is 143 Å². The molecule has 0 unspecified atom stereocenters. The highest BCUT2D eigenvalue weighted by molar-refractivity contribution is 6.29. The van der Waals surface area contributed by atoms with Gasteiger partial charge >= 0.3 is 6.18 Å². The van der Waals surface area contributed by atoms with Crippen molar-refractivity contribution in [3.63, 3.8) is 0 Å². The fourth-order valence-electron chi connectivity index (χ4n) is 2.81. The Hall–Kier alpha value is -1.79. The number of piperazine rings is 1. The first-order valence-electron chi connectivity index (χ1n) is 7.68.